The normalized spacial score (nSPS) is 14.6. The summed E-state index contributed by atoms with van der Waals surface area (Å²) in [7, 11) is 1.93. The summed E-state index contributed by atoms with van der Waals surface area (Å²) in [6.45, 7) is 12.6. The predicted octanol–water partition coefficient (Wildman–Crippen LogP) is 4.48. The Morgan fingerprint density at radius 3 is 2.55 bits per heavy atom. The number of hydrogen-bond donors (Lipinski definition) is 1. The third-order valence-corrected chi connectivity index (χ3v) is 7.04. The van der Waals surface area contributed by atoms with Crippen LogP contribution in [0.5, 0.6) is 11.6 Å². The largest absolute Gasteiger partial charge is 0.439 e. The maximum Gasteiger partial charge on any atom is 0.221 e. The van der Waals surface area contributed by atoms with Gasteiger partial charge in [-0.15, -0.1) is 0 Å². The van der Waals surface area contributed by atoms with Crippen LogP contribution >= 0.6 is 0 Å². The molecular weight excluding hydrogens is 478 g/mol. The van der Waals surface area contributed by atoms with Crippen molar-refractivity contribution in [3.8, 4) is 11.6 Å². The van der Waals surface area contributed by atoms with E-state index in [0.29, 0.717) is 28.9 Å². The number of Topliss-reactive ketones (excluding diaryl/α,β-unsaturated/α-hetero) is 1. The topological polar surface area (TPSA) is 88.4 Å². The zero-order chi connectivity index (χ0) is 26.6. The van der Waals surface area contributed by atoms with Gasteiger partial charge in [0.05, 0.1) is 5.69 Å². The van der Waals surface area contributed by atoms with Crippen LogP contribution in [0.3, 0.4) is 0 Å². The molecule has 3 aromatic heterocycles. The Bertz CT molecular complexity index is 1440. The molecule has 1 fully saturated rings. The molecule has 0 bridgehead atoms. The van der Waals surface area contributed by atoms with Crippen LogP contribution in [0.4, 0.5) is 11.6 Å². The number of carbonyl (C=O) groups excluding carboxylic acids is 1. The fourth-order valence-electron chi connectivity index (χ4n) is 4.79. The van der Waals surface area contributed by atoms with Crippen LogP contribution in [-0.2, 0) is 24.8 Å². The Hall–Kier alpha value is -3.82. The van der Waals surface area contributed by atoms with Crippen molar-refractivity contribution in [2.24, 2.45) is 7.05 Å². The van der Waals surface area contributed by atoms with E-state index in [9.17, 15) is 4.79 Å². The molecule has 1 aliphatic rings. The Morgan fingerprint density at radius 2 is 1.82 bits per heavy atom. The molecule has 4 aromatic rings. The van der Waals surface area contributed by atoms with Crippen molar-refractivity contribution in [3.05, 3.63) is 65.5 Å². The summed E-state index contributed by atoms with van der Waals surface area (Å²) in [5.41, 5.74) is 5.77. The van der Waals surface area contributed by atoms with Gasteiger partial charge in [-0.25, -0.2) is 4.98 Å². The highest BCUT2D eigenvalue weighted by Crippen LogP contribution is 2.26. The highest BCUT2D eigenvalue weighted by Gasteiger charge is 2.17. The van der Waals surface area contributed by atoms with Gasteiger partial charge in [0.1, 0.15) is 17.0 Å². The number of pyridine rings is 2. The van der Waals surface area contributed by atoms with E-state index in [4.69, 9.17) is 9.72 Å². The lowest BCUT2D eigenvalue weighted by molar-refractivity contribution is -0.116. The molecule has 0 saturated carbocycles. The number of carbonyl (C=O) groups is 1. The van der Waals surface area contributed by atoms with Gasteiger partial charge in [-0.2, -0.15) is 4.98 Å². The number of nitrogens with one attached hydrogen (secondary N) is 1. The Balaban J connectivity index is 1.28. The van der Waals surface area contributed by atoms with Gasteiger partial charge in [-0.05, 0) is 55.8 Å². The number of aromatic nitrogens is 4. The summed E-state index contributed by atoms with van der Waals surface area (Å²) in [5.74, 6) is 1.80. The number of benzene rings is 1. The molecule has 0 spiro atoms. The van der Waals surface area contributed by atoms with Gasteiger partial charge in [0.25, 0.3) is 0 Å². The van der Waals surface area contributed by atoms with Crippen molar-refractivity contribution < 1.29 is 9.53 Å². The van der Waals surface area contributed by atoms with Crippen LogP contribution in [-0.4, -0.2) is 67.8 Å². The Kier molecular flexibility index (Phi) is 7.67. The molecule has 9 heteroatoms. The second-order valence-electron chi connectivity index (χ2n) is 9.93. The smallest absolute Gasteiger partial charge is 0.221 e. The fraction of sp³-hybridized carbons (Fsp3) is 0.379. The first-order valence-electron chi connectivity index (χ1n) is 13.1. The minimum absolute atomic E-state index is 0.0550. The van der Waals surface area contributed by atoms with Crippen molar-refractivity contribution in [3.63, 3.8) is 0 Å². The quantitative estimate of drug-likeness (QED) is 0.351. The van der Waals surface area contributed by atoms with Gasteiger partial charge < -0.3 is 15.0 Å². The van der Waals surface area contributed by atoms with Crippen molar-refractivity contribution >= 4 is 28.6 Å². The highest BCUT2D eigenvalue weighted by atomic mass is 16.5. The molecule has 1 N–H and O–H groups in total. The molecule has 1 aromatic carbocycles. The SMILES string of the molecule is CCN1CCN(Cc2ccc(Nc3nc4ccc(Oc5ccnc(CC(C)=O)c5)nc4n3C)cc2C)CC1. The zero-order valence-electron chi connectivity index (χ0n) is 22.6. The molecule has 4 heterocycles. The van der Waals surface area contributed by atoms with Gasteiger partial charge in [-0.3, -0.25) is 19.2 Å². The van der Waals surface area contributed by atoms with Gasteiger partial charge >= 0.3 is 0 Å². The number of rotatable bonds is 9. The second kappa shape index (κ2) is 11.3. The number of hydrogen-bond acceptors (Lipinski definition) is 8. The minimum atomic E-state index is 0.0550. The first-order valence-corrected chi connectivity index (χ1v) is 13.1. The first kappa shape index (κ1) is 25.8. The summed E-state index contributed by atoms with van der Waals surface area (Å²) in [6, 6.07) is 13.7. The molecule has 0 atom stereocenters. The standard InChI is InChI=1S/C29H35N7O2/c1-5-35-12-14-36(15-13-35)19-22-6-7-23(16-20(22)2)31-29-32-26-8-9-27(33-28(26)34(29)4)38-25-10-11-30-24(18-25)17-21(3)37/h6-11,16,18H,5,12-15,17,19H2,1-4H3,(H,31,32). The molecule has 0 unspecified atom stereocenters. The van der Waals surface area contributed by atoms with E-state index in [1.54, 1.807) is 31.3 Å². The van der Waals surface area contributed by atoms with Gasteiger partial charge in [0.15, 0.2) is 5.65 Å². The Morgan fingerprint density at radius 1 is 1.03 bits per heavy atom. The molecule has 5 rings (SSSR count). The molecule has 198 valence electrons. The van der Waals surface area contributed by atoms with E-state index in [1.165, 1.54) is 11.1 Å². The number of ketones is 1. The average Bonchev–Trinajstić information content (AvgIpc) is 3.20. The lowest BCUT2D eigenvalue weighted by Gasteiger charge is -2.34. The molecule has 9 nitrogen and oxygen atoms in total. The van der Waals surface area contributed by atoms with Crippen molar-refractivity contribution in [1.29, 1.82) is 0 Å². The monoisotopic (exact) mass is 513 g/mol. The number of likely N-dealkylation sites (N-methyl/N-ethyl adjacent to an activating group) is 1. The van der Waals surface area contributed by atoms with Crippen LogP contribution in [0, 0.1) is 6.92 Å². The van der Waals surface area contributed by atoms with Gasteiger partial charge in [-0.1, -0.05) is 13.0 Å². The number of fused-ring (bicyclic) bond motifs is 1. The number of imidazole rings is 1. The van der Waals surface area contributed by atoms with E-state index >= 15 is 0 Å². The van der Waals surface area contributed by atoms with Crippen LogP contribution < -0.4 is 10.1 Å². The number of anilines is 2. The lowest BCUT2D eigenvalue weighted by Crippen LogP contribution is -2.45. The molecule has 1 saturated heterocycles. The van der Waals surface area contributed by atoms with Crippen molar-refractivity contribution in [2.75, 3.05) is 38.0 Å². The summed E-state index contributed by atoms with van der Waals surface area (Å²) in [6.07, 6.45) is 1.91. The van der Waals surface area contributed by atoms with E-state index < -0.39 is 0 Å². The third kappa shape index (κ3) is 6.00. The number of aryl methyl sites for hydroxylation is 2. The number of nitrogens with zero attached hydrogens (tertiary/aromatic N) is 6. The van der Waals surface area contributed by atoms with E-state index in [1.807, 2.05) is 17.7 Å². The number of piperazine rings is 1. The summed E-state index contributed by atoms with van der Waals surface area (Å²) < 4.78 is 7.89. The second-order valence-corrected chi connectivity index (χ2v) is 9.93. The highest BCUT2D eigenvalue weighted by molar-refractivity contribution is 5.78. The third-order valence-electron chi connectivity index (χ3n) is 7.04. The number of ether oxygens (including phenoxy) is 1. The first-order chi connectivity index (χ1) is 18.4. The fourth-order valence-corrected chi connectivity index (χ4v) is 4.79. The molecular formula is C29H35N7O2. The predicted molar refractivity (Wildman–Crippen MR) is 149 cm³/mol. The van der Waals surface area contributed by atoms with Crippen LogP contribution in [0.15, 0.2) is 48.7 Å². The van der Waals surface area contributed by atoms with E-state index in [-0.39, 0.29) is 12.2 Å². The molecule has 0 amide bonds. The molecule has 1 aliphatic heterocycles. The summed E-state index contributed by atoms with van der Waals surface area (Å²) in [5, 5.41) is 3.45. The average molecular weight is 514 g/mol. The van der Waals surface area contributed by atoms with Gasteiger partial charge in [0.2, 0.25) is 11.8 Å². The molecule has 0 aliphatic carbocycles. The summed E-state index contributed by atoms with van der Waals surface area (Å²) >= 11 is 0. The molecule has 38 heavy (non-hydrogen) atoms. The van der Waals surface area contributed by atoms with Crippen molar-refractivity contribution in [1.82, 2.24) is 29.3 Å². The zero-order valence-corrected chi connectivity index (χ0v) is 22.6. The minimum Gasteiger partial charge on any atom is -0.439 e. The van der Waals surface area contributed by atoms with Crippen LogP contribution in [0.25, 0.3) is 11.2 Å². The molecule has 0 radical (unpaired) electrons. The van der Waals surface area contributed by atoms with Gasteiger partial charge in [0, 0.05) is 70.2 Å². The van der Waals surface area contributed by atoms with E-state index in [0.717, 1.165) is 50.5 Å². The maximum absolute atomic E-state index is 11.4. The maximum atomic E-state index is 11.4. The lowest BCUT2D eigenvalue weighted by atomic mass is 10.1. The van der Waals surface area contributed by atoms with Crippen molar-refractivity contribution in [2.45, 2.75) is 33.7 Å². The van der Waals surface area contributed by atoms with Crippen LogP contribution in [0.1, 0.15) is 30.7 Å². The van der Waals surface area contributed by atoms with E-state index in [2.05, 4.69) is 57.1 Å². The van der Waals surface area contributed by atoms with Crippen LogP contribution in [0.2, 0.25) is 0 Å². The Labute approximate surface area is 223 Å². The summed E-state index contributed by atoms with van der Waals surface area (Å²) in [4.78, 5) is 30.1.